The van der Waals surface area contributed by atoms with Gasteiger partial charge in [-0.2, -0.15) is 0 Å². The van der Waals surface area contributed by atoms with E-state index in [0.717, 1.165) is 18.4 Å². The number of aliphatic hydroxyl groups excluding tert-OH is 1. The van der Waals surface area contributed by atoms with Crippen molar-refractivity contribution in [3.8, 4) is 5.75 Å². The molecule has 0 fully saturated rings. The van der Waals surface area contributed by atoms with Crippen molar-refractivity contribution < 1.29 is 10.2 Å². The molecule has 1 aromatic heterocycles. The van der Waals surface area contributed by atoms with Crippen molar-refractivity contribution in [1.29, 1.82) is 0 Å². The van der Waals surface area contributed by atoms with Crippen LogP contribution in [0.15, 0.2) is 41.5 Å². The molecule has 2 N–H and O–H groups in total. The molecule has 0 saturated heterocycles. The summed E-state index contributed by atoms with van der Waals surface area (Å²) in [4.78, 5) is 8.70. The lowest BCUT2D eigenvalue weighted by Crippen LogP contribution is -2.00. The van der Waals surface area contributed by atoms with Gasteiger partial charge in [0.1, 0.15) is 5.75 Å². The van der Waals surface area contributed by atoms with Crippen molar-refractivity contribution >= 4 is 6.21 Å². The summed E-state index contributed by atoms with van der Waals surface area (Å²) in [5, 5.41) is 19.6. The number of hydrogen-bond acceptors (Lipinski definition) is 4. The van der Waals surface area contributed by atoms with Crippen LogP contribution in [0.3, 0.4) is 0 Å². The molecule has 4 nitrogen and oxygen atoms in total. The Morgan fingerprint density at radius 1 is 1.27 bits per heavy atom. The van der Waals surface area contributed by atoms with E-state index in [1.807, 2.05) is 18.2 Å². The third kappa shape index (κ3) is 3.71. The molecular formula is C18H22N2O2. The number of aryl methyl sites for hydroxylation is 1. The number of nitrogens with zero attached hydrogens (tertiary/aromatic N) is 2. The fraction of sp³-hybridized carbons (Fsp3) is 0.333. The molecule has 0 radical (unpaired) electrons. The molecule has 2 aromatic rings. The monoisotopic (exact) mass is 298 g/mol. The largest absolute Gasteiger partial charge is 0.505 e. The highest BCUT2D eigenvalue weighted by molar-refractivity contribution is 5.85. The zero-order valence-electron chi connectivity index (χ0n) is 13.0. The molecule has 22 heavy (non-hydrogen) atoms. The Bertz CT molecular complexity index is 639. The summed E-state index contributed by atoms with van der Waals surface area (Å²) in [6.45, 7) is 3.68. The van der Waals surface area contributed by atoms with E-state index in [1.165, 1.54) is 0 Å². The third-order valence-electron chi connectivity index (χ3n) is 3.66. The van der Waals surface area contributed by atoms with Crippen LogP contribution >= 0.6 is 0 Å². The van der Waals surface area contributed by atoms with Gasteiger partial charge in [0.05, 0.1) is 18.3 Å². The van der Waals surface area contributed by atoms with E-state index in [2.05, 4.69) is 29.0 Å². The minimum Gasteiger partial charge on any atom is -0.505 e. The van der Waals surface area contributed by atoms with Gasteiger partial charge in [-0.15, -0.1) is 0 Å². The second kappa shape index (κ2) is 7.71. The molecule has 1 heterocycles. The van der Waals surface area contributed by atoms with E-state index in [9.17, 15) is 10.2 Å². The zero-order chi connectivity index (χ0) is 15.9. The summed E-state index contributed by atoms with van der Waals surface area (Å²) in [6.07, 6.45) is 5.18. The maximum absolute atomic E-state index is 10.2. The Hall–Kier alpha value is -2.20. The SMILES string of the molecule is CCC[C@H](N=Cc1c(CO)cnc(C)c1O)c1ccccc1. The smallest absolute Gasteiger partial charge is 0.145 e. The summed E-state index contributed by atoms with van der Waals surface area (Å²) >= 11 is 0. The van der Waals surface area contributed by atoms with Gasteiger partial charge in [-0.05, 0) is 18.9 Å². The van der Waals surface area contributed by atoms with Crippen molar-refractivity contribution in [3.63, 3.8) is 0 Å². The van der Waals surface area contributed by atoms with Gasteiger partial charge < -0.3 is 10.2 Å². The standard InChI is InChI=1S/C18H22N2O2/c1-3-7-17(14-8-5-4-6-9-14)20-11-16-15(12-21)10-19-13(2)18(16)22/h4-6,8-11,17,21-22H,3,7,12H2,1-2H3/t17-/m0/s1. The van der Waals surface area contributed by atoms with Crippen molar-refractivity contribution in [2.75, 3.05) is 0 Å². The van der Waals surface area contributed by atoms with E-state index in [0.29, 0.717) is 16.8 Å². The summed E-state index contributed by atoms with van der Waals surface area (Å²) in [5.41, 5.74) is 2.81. The van der Waals surface area contributed by atoms with Gasteiger partial charge >= 0.3 is 0 Å². The van der Waals surface area contributed by atoms with Crippen LogP contribution in [0.1, 0.15) is 48.2 Å². The van der Waals surface area contributed by atoms with Crippen LogP contribution in [0.4, 0.5) is 0 Å². The van der Waals surface area contributed by atoms with E-state index >= 15 is 0 Å². The molecule has 0 aliphatic heterocycles. The Morgan fingerprint density at radius 2 is 2.00 bits per heavy atom. The molecule has 0 aliphatic carbocycles. The van der Waals surface area contributed by atoms with Crippen LogP contribution in [0.25, 0.3) is 0 Å². The molecule has 0 saturated carbocycles. The number of pyridine rings is 1. The van der Waals surface area contributed by atoms with E-state index in [1.54, 1.807) is 19.3 Å². The van der Waals surface area contributed by atoms with Gasteiger partial charge in [0, 0.05) is 23.5 Å². The lowest BCUT2D eigenvalue weighted by molar-refractivity contribution is 0.280. The predicted molar refractivity (Wildman–Crippen MR) is 88.2 cm³/mol. The van der Waals surface area contributed by atoms with E-state index in [-0.39, 0.29) is 18.4 Å². The van der Waals surface area contributed by atoms with Crippen LogP contribution in [0.2, 0.25) is 0 Å². The number of aliphatic imine (C=N–C) groups is 1. The van der Waals surface area contributed by atoms with Crippen molar-refractivity contribution in [1.82, 2.24) is 4.98 Å². The molecule has 4 heteroatoms. The zero-order valence-corrected chi connectivity index (χ0v) is 13.0. The molecular weight excluding hydrogens is 276 g/mol. The number of rotatable bonds is 6. The van der Waals surface area contributed by atoms with Gasteiger partial charge in [0.2, 0.25) is 0 Å². The lowest BCUT2D eigenvalue weighted by Gasteiger charge is -2.13. The predicted octanol–water partition coefficient (Wildman–Crippen LogP) is 3.55. The van der Waals surface area contributed by atoms with Crippen LogP contribution in [-0.4, -0.2) is 21.4 Å². The number of hydrogen-bond donors (Lipinski definition) is 2. The topological polar surface area (TPSA) is 65.7 Å². The number of aromatic hydroxyl groups is 1. The molecule has 0 bridgehead atoms. The molecule has 1 aromatic carbocycles. The lowest BCUT2D eigenvalue weighted by atomic mass is 10.0. The second-order valence-electron chi connectivity index (χ2n) is 5.28. The quantitative estimate of drug-likeness (QED) is 0.802. The average molecular weight is 298 g/mol. The normalized spacial score (nSPS) is 12.7. The van der Waals surface area contributed by atoms with Crippen molar-refractivity contribution in [2.45, 2.75) is 39.3 Å². The highest BCUT2D eigenvalue weighted by Gasteiger charge is 2.12. The maximum atomic E-state index is 10.2. The van der Waals surface area contributed by atoms with Gasteiger partial charge in [0.25, 0.3) is 0 Å². The van der Waals surface area contributed by atoms with Crippen LogP contribution < -0.4 is 0 Å². The van der Waals surface area contributed by atoms with E-state index in [4.69, 9.17) is 0 Å². The van der Waals surface area contributed by atoms with Crippen molar-refractivity contribution in [2.24, 2.45) is 4.99 Å². The molecule has 116 valence electrons. The summed E-state index contributed by atoms with van der Waals surface area (Å²) < 4.78 is 0. The molecule has 0 spiro atoms. The average Bonchev–Trinajstić information content (AvgIpc) is 2.55. The first kappa shape index (κ1) is 16.2. The Balaban J connectivity index is 2.34. The van der Waals surface area contributed by atoms with Gasteiger partial charge in [0.15, 0.2) is 0 Å². The second-order valence-corrected chi connectivity index (χ2v) is 5.28. The Morgan fingerprint density at radius 3 is 2.64 bits per heavy atom. The Kier molecular flexibility index (Phi) is 5.67. The first-order chi connectivity index (χ1) is 10.7. The van der Waals surface area contributed by atoms with Gasteiger partial charge in [-0.25, -0.2) is 0 Å². The molecule has 2 rings (SSSR count). The summed E-state index contributed by atoms with van der Waals surface area (Å²) in [6, 6.07) is 10.1. The fourth-order valence-electron chi connectivity index (χ4n) is 2.36. The summed E-state index contributed by atoms with van der Waals surface area (Å²) in [5.74, 6) is 0.0820. The highest BCUT2D eigenvalue weighted by atomic mass is 16.3. The number of benzene rings is 1. The summed E-state index contributed by atoms with van der Waals surface area (Å²) in [7, 11) is 0. The number of aromatic nitrogens is 1. The molecule has 0 aliphatic rings. The van der Waals surface area contributed by atoms with Gasteiger partial charge in [-0.1, -0.05) is 43.7 Å². The van der Waals surface area contributed by atoms with Crippen LogP contribution in [0, 0.1) is 6.92 Å². The van der Waals surface area contributed by atoms with Crippen LogP contribution in [0.5, 0.6) is 5.75 Å². The van der Waals surface area contributed by atoms with Crippen LogP contribution in [-0.2, 0) is 6.61 Å². The first-order valence-electron chi connectivity index (χ1n) is 7.53. The molecule has 1 atom stereocenters. The Labute approximate surface area is 131 Å². The first-order valence-corrected chi connectivity index (χ1v) is 7.53. The molecule has 0 unspecified atom stereocenters. The minimum atomic E-state index is -0.175. The molecule has 0 amide bonds. The minimum absolute atomic E-state index is 0.0469. The fourth-order valence-corrected chi connectivity index (χ4v) is 2.36. The number of aliphatic hydroxyl groups is 1. The highest BCUT2D eigenvalue weighted by Crippen LogP contribution is 2.25. The van der Waals surface area contributed by atoms with Crippen molar-refractivity contribution in [3.05, 3.63) is 58.9 Å². The van der Waals surface area contributed by atoms with E-state index < -0.39 is 0 Å². The van der Waals surface area contributed by atoms with Gasteiger partial charge in [-0.3, -0.25) is 9.98 Å². The maximum Gasteiger partial charge on any atom is 0.145 e. The third-order valence-corrected chi connectivity index (χ3v) is 3.66.